The van der Waals surface area contributed by atoms with Crippen LogP contribution in [-0.4, -0.2) is 11.4 Å². The maximum Gasteiger partial charge on any atom is 0.122 e. The second kappa shape index (κ2) is 17.9. The van der Waals surface area contributed by atoms with Crippen LogP contribution in [0.2, 0.25) is 0 Å². The van der Waals surface area contributed by atoms with E-state index in [1.165, 1.54) is 120 Å². The van der Waals surface area contributed by atoms with Crippen molar-refractivity contribution in [2.24, 2.45) is 0 Å². The van der Waals surface area contributed by atoms with Gasteiger partial charge in [0, 0.05) is 10.5 Å². The highest BCUT2D eigenvalue weighted by molar-refractivity contribution is 7.98. The first kappa shape index (κ1) is 28.4. The summed E-state index contributed by atoms with van der Waals surface area (Å²) < 4.78 is 0. The summed E-state index contributed by atoms with van der Waals surface area (Å²) in [5.74, 6) is 1.05. The van der Waals surface area contributed by atoms with Crippen molar-refractivity contribution in [3.63, 3.8) is 0 Å². The molecule has 0 heterocycles. The first-order chi connectivity index (χ1) is 15.0. The molecular formula is C29H52OS. The van der Waals surface area contributed by atoms with Crippen LogP contribution in [0.1, 0.15) is 146 Å². The van der Waals surface area contributed by atoms with Gasteiger partial charge in [-0.25, -0.2) is 0 Å². The predicted octanol–water partition coefficient (Wildman–Crippen LogP) is 10.5. The lowest BCUT2D eigenvalue weighted by Crippen LogP contribution is -2.00. The van der Waals surface area contributed by atoms with Crippen LogP contribution in [0.15, 0.2) is 11.0 Å². The molecule has 2 heteroatoms. The average Bonchev–Trinajstić information content (AvgIpc) is 2.76. The molecule has 1 N–H and O–H groups in total. The summed E-state index contributed by atoms with van der Waals surface area (Å²) in [6.45, 7) is 8.73. The molecule has 1 atom stereocenters. The fraction of sp³-hybridized carbons (Fsp3) is 0.793. The number of hydrogen-bond donors (Lipinski definition) is 1. The van der Waals surface area contributed by atoms with E-state index in [1.807, 2.05) is 6.92 Å². The first-order valence-corrected chi connectivity index (χ1v) is 14.6. The Morgan fingerprint density at radius 2 is 1.16 bits per heavy atom. The van der Waals surface area contributed by atoms with Crippen LogP contribution in [0.25, 0.3) is 0 Å². The summed E-state index contributed by atoms with van der Waals surface area (Å²) in [7, 11) is 0. The van der Waals surface area contributed by atoms with Crippen molar-refractivity contribution in [3.05, 3.63) is 22.8 Å². The van der Waals surface area contributed by atoms with Crippen molar-refractivity contribution in [3.8, 4) is 5.75 Å². The van der Waals surface area contributed by atoms with Gasteiger partial charge in [-0.3, -0.25) is 0 Å². The Hall–Kier alpha value is -0.630. The zero-order valence-electron chi connectivity index (χ0n) is 21.5. The van der Waals surface area contributed by atoms with Gasteiger partial charge in [0.25, 0.3) is 0 Å². The molecule has 180 valence electrons. The van der Waals surface area contributed by atoms with Crippen molar-refractivity contribution in [1.29, 1.82) is 0 Å². The maximum absolute atomic E-state index is 10.2. The Labute approximate surface area is 199 Å². The molecule has 0 aliphatic heterocycles. The molecule has 0 radical (unpaired) electrons. The Kier molecular flexibility index (Phi) is 16.4. The molecule has 0 spiro atoms. The van der Waals surface area contributed by atoms with Gasteiger partial charge < -0.3 is 5.11 Å². The number of unbranched alkanes of at least 4 members (excludes halogenated alkanes) is 15. The Balaban J connectivity index is 2.02. The molecule has 0 fully saturated rings. The molecule has 1 unspecified atom stereocenters. The van der Waals surface area contributed by atoms with E-state index in [0.717, 1.165) is 11.1 Å². The van der Waals surface area contributed by atoms with Gasteiger partial charge in [-0.2, -0.15) is 0 Å². The van der Waals surface area contributed by atoms with Crippen molar-refractivity contribution in [1.82, 2.24) is 0 Å². The number of hydrogen-bond acceptors (Lipinski definition) is 2. The molecule has 0 amide bonds. The van der Waals surface area contributed by atoms with Crippen LogP contribution in [0, 0.1) is 13.8 Å². The number of benzene rings is 1. The summed E-state index contributed by atoms with van der Waals surface area (Å²) >= 11 is 1.78. The van der Waals surface area contributed by atoms with E-state index in [1.54, 1.807) is 11.8 Å². The van der Waals surface area contributed by atoms with Gasteiger partial charge in [0.15, 0.2) is 0 Å². The number of aromatic hydroxyl groups is 1. The summed E-state index contributed by atoms with van der Waals surface area (Å²) in [6, 6.07) is 2.21. The normalized spacial score (nSPS) is 12.4. The molecular weight excluding hydrogens is 396 g/mol. The average molecular weight is 449 g/mol. The number of phenols is 1. The van der Waals surface area contributed by atoms with Crippen LogP contribution < -0.4 is 0 Å². The van der Waals surface area contributed by atoms with Crippen molar-refractivity contribution in [2.75, 3.05) is 6.26 Å². The molecule has 0 aliphatic carbocycles. The van der Waals surface area contributed by atoms with Gasteiger partial charge >= 0.3 is 0 Å². The van der Waals surface area contributed by atoms with Gasteiger partial charge in [-0.1, -0.05) is 123 Å². The van der Waals surface area contributed by atoms with Gasteiger partial charge in [0.2, 0.25) is 0 Å². The zero-order valence-corrected chi connectivity index (χ0v) is 22.3. The minimum Gasteiger partial charge on any atom is -0.507 e. The van der Waals surface area contributed by atoms with E-state index >= 15 is 0 Å². The first-order valence-electron chi connectivity index (χ1n) is 13.4. The fourth-order valence-corrected chi connectivity index (χ4v) is 5.68. The highest BCUT2D eigenvalue weighted by Gasteiger charge is 2.16. The third-order valence-electron chi connectivity index (χ3n) is 6.93. The summed E-state index contributed by atoms with van der Waals surface area (Å²) in [5, 5.41) is 10.2. The molecule has 0 bridgehead atoms. The molecule has 0 saturated carbocycles. The van der Waals surface area contributed by atoms with Gasteiger partial charge in [-0.15, -0.1) is 11.8 Å². The van der Waals surface area contributed by atoms with Crippen LogP contribution >= 0.6 is 11.8 Å². The van der Waals surface area contributed by atoms with Crippen LogP contribution in [0.4, 0.5) is 0 Å². The molecule has 0 aliphatic rings. The van der Waals surface area contributed by atoms with Gasteiger partial charge in [-0.05, 0) is 43.6 Å². The quantitative estimate of drug-likeness (QED) is 0.168. The van der Waals surface area contributed by atoms with E-state index in [9.17, 15) is 5.11 Å². The third kappa shape index (κ3) is 11.7. The zero-order chi connectivity index (χ0) is 22.9. The number of phenolic OH excluding ortho intramolecular Hbond substituents is 1. The standard InChI is InChI=1S/C29H52OS/c1-6-7-8-9-10-11-12-13-14-15-16-17-18-19-20-21-22-24(2)27-23-25(3)28(30)26(4)29(27)31-5/h23-24,30H,6-22H2,1-5H3. The second-order valence-corrected chi connectivity index (χ2v) is 10.6. The third-order valence-corrected chi connectivity index (χ3v) is 7.88. The lowest BCUT2D eigenvalue weighted by atomic mass is 9.91. The van der Waals surface area contributed by atoms with E-state index in [2.05, 4.69) is 33.1 Å². The summed E-state index contributed by atoms with van der Waals surface area (Å²) in [5.41, 5.74) is 3.51. The highest BCUT2D eigenvalue weighted by Crippen LogP contribution is 2.38. The van der Waals surface area contributed by atoms with Crippen molar-refractivity contribution in [2.45, 2.75) is 148 Å². The summed E-state index contributed by atoms with van der Waals surface area (Å²) in [6.07, 6.45) is 26.2. The number of rotatable bonds is 19. The lowest BCUT2D eigenvalue weighted by Gasteiger charge is -2.19. The molecule has 0 aromatic heterocycles. The van der Waals surface area contributed by atoms with E-state index < -0.39 is 0 Å². The fourth-order valence-electron chi connectivity index (χ4n) is 4.78. The number of thioether (sulfide) groups is 1. The van der Waals surface area contributed by atoms with Crippen molar-refractivity contribution < 1.29 is 5.11 Å². The topological polar surface area (TPSA) is 20.2 Å². The Bertz CT molecular complexity index is 581. The molecule has 1 rings (SSSR count). The molecule has 31 heavy (non-hydrogen) atoms. The Morgan fingerprint density at radius 1 is 0.742 bits per heavy atom. The second-order valence-electron chi connectivity index (χ2n) is 9.78. The minimum absolute atomic E-state index is 0.475. The number of aryl methyl sites for hydroxylation is 1. The molecule has 0 saturated heterocycles. The maximum atomic E-state index is 10.2. The van der Waals surface area contributed by atoms with Gasteiger partial charge in [0.05, 0.1) is 0 Å². The monoisotopic (exact) mass is 448 g/mol. The smallest absolute Gasteiger partial charge is 0.122 e. The lowest BCUT2D eigenvalue weighted by molar-refractivity contribution is 0.463. The SMILES string of the molecule is CCCCCCCCCCCCCCCCCCC(C)c1cc(C)c(O)c(C)c1SC. The molecule has 1 aromatic carbocycles. The van der Waals surface area contributed by atoms with Crippen LogP contribution in [0.3, 0.4) is 0 Å². The van der Waals surface area contributed by atoms with Gasteiger partial charge in [0.1, 0.15) is 5.75 Å². The van der Waals surface area contributed by atoms with E-state index in [4.69, 9.17) is 0 Å². The van der Waals surface area contributed by atoms with E-state index in [0.29, 0.717) is 11.7 Å². The molecule has 1 aromatic rings. The predicted molar refractivity (Wildman–Crippen MR) is 142 cm³/mol. The minimum atomic E-state index is 0.475. The van der Waals surface area contributed by atoms with Crippen LogP contribution in [-0.2, 0) is 0 Å². The Morgan fingerprint density at radius 3 is 1.58 bits per heavy atom. The van der Waals surface area contributed by atoms with Crippen molar-refractivity contribution >= 4 is 11.8 Å². The largest absolute Gasteiger partial charge is 0.507 e. The molecule has 1 nitrogen and oxygen atoms in total. The highest BCUT2D eigenvalue weighted by atomic mass is 32.2. The van der Waals surface area contributed by atoms with E-state index in [-0.39, 0.29) is 0 Å². The van der Waals surface area contributed by atoms with Crippen LogP contribution in [0.5, 0.6) is 5.75 Å². The summed E-state index contributed by atoms with van der Waals surface area (Å²) in [4.78, 5) is 1.28.